The fourth-order valence-corrected chi connectivity index (χ4v) is 2.34. The molecule has 0 spiro atoms. The first-order chi connectivity index (χ1) is 8.38. The van der Waals surface area contributed by atoms with Gasteiger partial charge in [-0.05, 0) is 25.6 Å². The molecular formula is C15H25N3. The van der Waals surface area contributed by atoms with Gasteiger partial charge in [0.1, 0.15) is 0 Å². The van der Waals surface area contributed by atoms with Gasteiger partial charge in [-0.15, -0.1) is 0 Å². The predicted octanol–water partition coefficient (Wildman–Crippen LogP) is 2.44. The van der Waals surface area contributed by atoms with Crippen molar-refractivity contribution in [2.45, 2.75) is 33.1 Å². The van der Waals surface area contributed by atoms with Crippen LogP contribution in [0.15, 0.2) is 12.3 Å². The molecule has 2 heterocycles. The molecule has 3 nitrogen and oxygen atoms in total. The SMILES string of the molecule is Cc1cc(C(C)(C)C)ncc1N1CCN(C)CC1. The van der Waals surface area contributed by atoms with Crippen molar-refractivity contribution in [2.24, 2.45) is 0 Å². The number of hydrogen-bond acceptors (Lipinski definition) is 3. The Labute approximate surface area is 111 Å². The van der Waals surface area contributed by atoms with Crippen LogP contribution in [0.25, 0.3) is 0 Å². The van der Waals surface area contributed by atoms with E-state index in [1.807, 2.05) is 0 Å². The number of rotatable bonds is 1. The Bertz CT molecular complexity index is 412. The summed E-state index contributed by atoms with van der Waals surface area (Å²) in [6.45, 7) is 13.3. The molecule has 0 unspecified atom stereocenters. The Morgan fingerprint density at radius 2 is 1.72 bits per heavy atom. The molecule has 2 rings (SSSR count). The molecule has 1 aromatic rings. The van der Waals surface area contributed by atoms with Crippen LogP contribution in [-0.2, 0) is 5.41 Å². The lowest BCUT2D eigenvalue weighted by Gasteiger charge is -2.35. The van der Waals surface area contributed by atoms with E-state index in [1.165, 1.54) is 16.9 Å². The lowest BCUT2D eigenvalue weighted by atomic mass is 9.90. The first kappa shape index (κ1) is 13.3. The Balaban J connectivity index is 2.20. The van der Waals surface area contributed by atoms with Gasteiger partial charge in [-0.3, -0.25) is 4.98 Å². The van der Waals surface area contributed by atoms with Gasteiger partial charge < -0.3 is 9.80 Å². The molecule has 0 bridgehead atoms. The first-order valence-corrected chi connectivity index (χ1v) is 6.78. The highest BCUT2D eigenvalue weighted by atomic mass is 15.2. The van der Waals surface area contributed by atoms with Crippen LogP contribution in [0, 0.1) is 6.92 Å². The second-order valence-electron chi connectivity index (χ2n) is 6.40. The van der Waals surface area contributed by atoms with Gasteiger partial charge in [0.05, 0.1) is 11.9 Å². The highest BCUT2D eigenvalue weighted by molar-refractivity contribution is 5.52. The maximum Gasteiger partial charge on any atom is 0.0583 e. The average Bonchev–Trinajstić information content (AvgIpc) is 2.29. The zero-order valence-corrected chi connectivity index (χ0v) is 12.3. The van der Waals surface area contributed by atoms with E-state index in [0.717, 1.165) is 26.2 Å². The van der Waals surface area contributed by atoms with Crippen LogP contribution in [0.4, 0.5) is 5.69 Å². The van der Waals surface area contributed by atoms with Gasteiger partial charge in [0.2, 0.25) is 0 Å². The van der Waals surface area contributed by atoms with E-state index in [-0.39, 0.29) is 5.41 Å². The number of likely N-dealkylation sites (N-methyl/N-ethyl adjacent to an activating group) is 1. The second-order valence-corrected chi connectivity index (χ2v) is 6.40. The summed E-state index contributed by atoms with van der Waals surface area (Å²) in [4.78, 5) is 9.48. The fourth-order valence-electron chi connectivity index (χ4n) is 2.34. The lowest BCUT2D eigenvalue weighted by molar-refractivity contribution is 0.312. The molecule has 1 aromatic heterocycles. The first-order valence-electron chi connectivity index (χ1n) is 6.78. The van der Waals surface area contributed by atoms with Gasteiger partial charge >= 0.3 is 0 Å². The molecule has 3 heteroatoms. The number of anilines is 1. The molecule has 0 aromatic carbocycles. The van der Waals surface area contributed by atoms with Crippen molar-refractivity contribution in [3.05, 3.63) is 23.5 Å². The average molecular weight is 247 g/mol. The van der Waals surface area contributed by atoms with Crippen molar-refractivity contribution in [3.63, 3.8) is 0 Å². The minimum absolute atomic E-state index is 0.130. The van der Waals surface area contributed by atoms with Crippen molar-refractivity contribution in [1.82, 2.24) is 9.88 Å². The van der Waals surface area contributed by atoms with Crippen molar-refractivity contribution in [2.75, 3.05) is 38.1 Å². The summed E-state index contributed by atoms with van der Waals surface area (Å²) in [7, 11) is 2.19. The van der Waals surface area contributed by atoms with E-state index < -0.39 is 0 Å². The predicted molar refractivity (Wildman–Crippen MR) is 77.4 cm³/mol. The second kappa shape index (κ2) is 4.88. The number of hydrogen-bond donors (Lipinski definition) is 0. The number of pyridine rings is 1. The van der Waals surface area contributed by atoms with Crippen LogP contribution in [0.5, 0.6) is 0 Å². The molecule has 0 aliphatic carbocycles. The Morgan fingerprint density at radius 1 is 1.11 bits per heavy atom. The molecule has 1 fully saturated rings. The zero-order valence-electron chi connectivity index (χ0n) is 12.3. The number of nitrogens with zero attached hydrogens (tertiary/aromatic N) is 3. The van der Waals surface area contributed by atoms with Gasteiger partial charge in [-0.25, -0.2) is 0 Å². The van der Waals surface area contributed by atoms with Crippen molar-refractivity contribution < 1.29 is 0 Å². The molecule has 0 N–H and O–H groups in total. The zero-order chi connectivity index (χ0) is 13.3. The van der Waals surface area contributed by atoms with E-state index in [2.05, 4.69) is 61.8 Å². The van der Waals surface area contributed by atoms with E-state index in [9.17, 15) is 0 Å². The molecule has 0 radical (unpaired) electrons. The number of piperazine rings is 1. The van der Waals surface area contributed by atoms with E-state index in [0.29, 0.717) is 0 Å². The standard InChI is InChI=1S/C15H25N3/c1-12-10-14(15(2,3)4)16-11-13(12)18-8-6-17(5)7-9-18/h10-11H,6-9H2,1-5H3. The van der Waals surface area contributed by atoms with E-state index in [1.54, 1.807) is 0 Å². The fraction of sp³-hybridized carbons (Fsp3) is 0.667. The number of aryl methyl sites for hydroxylation is 1. The third-order valence-corrected chi connectivity index (χ3v) is 3.70. The van der Waals surface area contributed by atoms with Gasteiger partial charge in [0, 0.05) is 37.3 Å². The molecule has 1 aliphatic rings. The van der Waals surface area contributed by atoms with Gasteiger partial charge in [-0.2, -0.15) is 0 Å². The smallest absolute Gasteiger partial charge is 0.0583 e. The van der Waals surface area contributed by atoms with Crippen LogP contribution in [0.2, 0.25) is 0 Å². The Kier molecular flexibility index (Phi) is 3.62. The number of aromatic nitrogens is 1. The lowest BCUT2D eigenvalue weighted by Crippen LogP contribution is -2.44. The Hall–Kier alpha value is -1.09. The van der Waals surface area contributed by atoms with E-state index >= 15 is 0 Å². The van der Waals surface area contributed by atoms with Crippen LogP contribution < -0.4 is 4.90 Å². The topological polar surface area (TPSA) is 19.4 Å². The van der Waals surface area contributed by atoms with Crippen LogP contribution >= 0.6 is 0 Å². The molecule has 0 saturated carbocycles. The molecular weight excluding hydrogens is 222 g/mol. The molecule has 100 valence electrons. The summed E-state index contributed by atoms with van der Waals surface area (Å²) in [5.74, 6) is 0. The molecule has 18 heavy (non-hydrogen) atoms. The monoisotopic (exact) mass is 247 g/mol. The minimum Gasteiger partial charge on any atom is -0.368 e. The van der Waals surface area contributed by atoms with Gasteiger partial charge in [-0.1, -0.05) is 20.8 Å². The van der Waals surface area contributed by atoms with Crippen molar-refractivity contribution in [1.29, 1.82) is 0 Å². The summed E-state index contributed by atoms with van der Waals surface area (Å²) in [6.07, 6.45) is 2.06. The summed E-state index contributed by atoms with van der Waals surface area (Å²) in [5, 5.41) is 0. The molecule has 0 atom stereocenters. The maximum atomic E-state index is 4.65. The van der Waals surface area contributed by atoms with Crippen LogP contribution in [0.1, 0.15) is 32.0 Å². The summed E-state index contributed by atoms with van der Waals surface area (Å²) in [5.41, 5.74) is 3.96. The third kappa shape index (κ3) is 2.83. The van der Waals surface area contributed by atoms with Crippen LogP contribution in [-0.4, -0.2) is 43.1 Å². The summed E-state index contributed by atoms with van der Waals surface area (Å²) < 4.78 is 0. The minimum atomic E-state index is 0.130. The van der Waals surface area contributed by atoms with Crippen molar-refractivity contribution >= 4 is 5.69 Å². The van der Waals surface area contributed by atoms with Gasteiger partial charge in [0.15, 0.2) is 0 Å². The Morgan fingerprint density at radius 3 is 2.22 bits per heavy atom. The van der Waals surface area contributed by atoms with Gasteiger partial charge in [0.25, 0.3) is 0 Å². The third-order valence-electron chi connectivity index (χ3n) is 3.70. The summed E-state index contributed by atoms with van der Waals surface area (Å²) in [6, 6.07) is 2.24. The van der Waals surface area contributed by atoms with Crippen molar-refractivity contribution in [3.8, 4) is 0 Å². The maximum absolute atomic E-state index is 4.65. The highest BCUT2D eigenvalue weighted by Gasteiger charge is 2.19. The molecule has 0 amide bonds. The largest absolute Gasteiger partial charge is 0.368 e. The highest BCUT2D eigenvalue weighted by Crippen LogP contribution is 2.26. The normalized spacial score (nSPS) is 18.2. The quantitative estimate of drug-likeness (QED) is 0.760. The molecule has 1 aliphatic heterocycles. The van der Waals surface area contributed by atoms with E-state index in [4.69, 9.17) is 0 Å². The van der Waals surface area contributed by atoms with Crippen LogP contribution in [0.3, 0.4) is 0 Å². The molecule has 1 saturated heterocycles. The summed E-state index contributed by atoms with van der Waals surface area (Å²) >= 11 is 0.